The van der Waals surface area contributed by atoms with Gasteiger partial charge in [-0.3, -0.25) is 0 Å². The van der Waals surface area contributed by atoms with E-state index in [9.17, 15) is 9.90 Å². The number of aliphatic hydroxyl groups is 1. The van der Waals surface area contributed by atoms with E-state index in [0.717, 1.165) is 55.1 Å². The van der Waals surface area contributed by atoms with Crippen LogP contribution in [0.25, 0.3) is 11.4 Å². The Morgan fingerprint density at radius 1 is 1.28 bits per heavy atom. The summed E-state index contributed by atoms with van der Waals surface area (Å²) in [6.45, 7) is 3.74. The van der Waals surface area contributed by atoms with Gasteiger partial charge < -0.3 is 19.9 Å². The molecule has 2 aromatic rings. The van der Waals surface area contributed by atoms with Crippen molar-refractivity contribution in [1.82, 2.24) is 19.7 Å². The number of carbonyl (C=O) groups excluding carboxylic acids is 1. The van der Waals surface area contributed by atoms with E-state index in [1.165, 1.54) is 0 Å². The monoisotopic (exact) mass is 341 g/mol. The van der Waals surface area contributed by atoms with Gasteiger partial charge in [-0.2, -0.15) is 0 Å². The number of likely N-dealkylation sites (tertiary alicyclic amines) is 1. The average Bonchev–Trinajstić information content (AvgIpc) is 3.17. The van der Waals surface area contributed by atoms with E-state index in [0.29, 0.717) is 13.1 Å². The number of nitrogens with zero attached hydrogens (tertiary/aromatic N) is 4. The van der Waals surface area contributed by atoms with Crippen molar-refractivity contribution in [2.24, 2.45) is 0 Å². The van der Waals surface area contributed by atoms with Crippen LogP contribution in [0.3, 0.4) is 0 Å². The molecule has 1 fully saturated rings. The average molecular weight is 341 g/mol. The number of fused-ring (bicyclic) bond motifs is 1. The third-order valence-corrected chi connectivity index (χ3v) is 4.94. The van der Waals surface area contributed by atoms with E-state index in [-0.39, 0.29) is 6.03 Å². The number of β-amino-alcohol motifs (C(OH)–C–C–N with tert-alkyl or cyclic N) is 1. The molecule has 7 heteroatoms. The van der Waals surface area contributed by atoms with Gasteiger partial charge in [0.1, 0.15) is 5.82 Å². The Hall–Kier alpha value is -2.41. The topological polar surface area (TPSA) is 83.3 Å². The first-order valence-corrected chi connectivity index (χ1v) is 8.83. The van der Waals surface area contributed by atoms with Crippen LogP contribution < -0.4 is 5.32 Å². The Morgan fingerprint density at radius 3 is 3.00 bits per heavy atom. The van der Waals surface area contributed by atoms with Gasteiger partial charge in [-0.25, -0.2) is 4.79 Å². The number of rotatable bonds is 2. The first-order valence-electron chi connectivity index (χ1n) is 8.83. The van der Waals surface area contributed by atoms with Gasteiger partial charge in [0, 0.05) is 30.8 Å². The number of anilines is 1. The van der Waals surface area contributed by atoms with Crippen LogP contribution >= 0.6 is 0 Å². The van der Waals surface area contributed by atoms with Crippen LogP contribution in [0.5, 0.6) is 0 Å². The van der Waals surface area contributed by atoms with Crippen molar-refractivity contribution in [1.29, 1.82) is 0 Å². The minimum absolute atomic E-state index is 0.177. The van der Waals surface area contributed by atoms with E-state index >= 15 is 0 Å². The third kappa shape index (κ3) is 3.24. The molecule has 1 aromatic heterocycles. The summed E-state index contributed by atoms with van der Waals surface area (Å²) in [5.74, 6) is 1.88. The van der Waals surface area contributed by atoms with Crippen molar-refractivity contribution in [3.63, 3.8) is 0 Å². The molecule has 0 spiro atoms. The highest BCUT2D eigenvalue weighted by atomic mass is 16.3. The Bertz CT molecular complexity index is 799. The van der Waals surface area contributed by atoms with Crippen LogP contribution in [0.1, 0.15) is 32.0 Å². The zero-order valence-corrected chi connectivity index (χ0v) is 14.4. The van der Waals surface area contributed by atoms with Crippen LogP contribution in [0.4, 0.5) is 10.5 Å². The number of hydrogen-bond donors (Lipinski definition) is 2. The Kier molecular flexibility index (Phi) is 3.95. The number of hydrogen-bond acceptors (Lipinski definition) is 4. The largest absolute Gasteiger partial charge is 0.388 e. The smallest absolute Gasteiger partial charge is 0.321 e. The van der Waals surface area contributed by atoms with Crippen molar-refractivity contribution < 1.29 is 9.90 Å². The van der Waals surface area contributed by atoms with Crippen LogP contribution in [0.2, 0.25) is 0 Å². The molecule has 1 saturated heterocycles. The second kappa shape index (κ2) is 6.15. The molecule has 1 aromatic carbocycles. The molecule has 2 amide bonds. The maximum Gasteiger partial charge on any atom is 0.321 e. The Labute approximate surface area is 146 Å². The lowest BCUT2D eigenvalue weighted by molar-refractivity contribution is -0.000635. The molecule has 0 radical (unpaired) electrons. The highest BCUT2D eigenvalue weighted by Crippen LogP contribution is 2.26. The van der Waals surface area contributed by atoms with Gasteiger partial charge in [-0.05, 0) is 38.3 Å². The summed E-state index contributed by atoms with van der Waals surface area (Å²) in [5, 5.41) is 21.7. The number of carbonyl (C=O) groups is 1. The van der Waals surface area contributed by atoms with Crippen LogP contribution in [-0.4, -0.2) is 49.5 Å². The van der Waals surface area contributed by atoms with E-state index in [4.69, 9.17) is 0 Å². The SMILES string of the molecule is CC1(O)CCCN(C(=O)Nc2cccc(-c3nnc4n3CCC4)c2)C1. The van der Waals surface area contributed by atoms with Gasteiger partial charge >= 0.3 is 6.03 Å². The standard InChI is InChI=1S/C18H23N5O2/c1-18(25)8-4-9-22(12-18)17(24)19-14-6-2-5-13(11-14)16-21-20-15-7-3-10-23(15)16/h2,5-6,11,25H,3-4,7-10,12H2,1H3,(H,19,24). The lowest BCUT2D eigenvalue weighted by Crippen LogP contribution is -2.49. The minimum atomic E-state index is -0.806. The quantitative estimate of drug-likeness (QED) is 0.878. The molecule has 132 valence electrons. The molecule has 2 N–H and O–H groups in total. The van der Waals surface area contributed by atoms with Crippen molar-refractivity contribution in [3.05, 3.63) is 30.1 Å². The maximum absolute atomic E-state index is 12.5. The summed E-state index contributed by atoms with van der Waals surface area (Å²) in [6.07, 6.45) is 3.61. The molecular weight excluding hydrogens is 318 g/mol. The van der Waals surface area contributed by atoms with Crippen LogP contribution in [0, 0.1) is 0 Å². The summed E-state index contributed by atoms with van der Waals surface area (Å²) < 4.78 is 2.14. The maximum atomic E-state index is 12.5. The number of benzene rings is 1. The lowest BCUT2D eigenvalue weighted by Gasteiger charge is -2.36. The molecule has 0 bridgehead atoms. The second-order valence-electron chi connectivity index (χ2n) is 7.23. The number of piperidine rings is 1. The fraction of sp³-hybridized carbons (Fsp3) is 0.500. The Balaban J connectivity index is 1.51. The van der Waals surface area contributed by atoms with Crippen molar-refractivity contribution in [2.75, 3.05) is 18.4 Å². The van der Waals surface area contributed by atoms with E-state index in [1.807, 2.05) is 24.3 Å². The molecule has 2 aliphatic heterocycles. The molecule has 25 heavy (non-hydrogen) atoms. The fourth-order valence-electron chi connectivity index (χ4n) is 3.70. The molecule has 7 nitrogen and oxygen atoms in total. The molecule has 4 rings (SSSR count). The van der Waals surface area contributed by atoms with Gasteiger partial charge in [0.25, 0.3) is 0 Å². The number of nitrogens with one attached hydrogen (secondary N) is 1. The lowest BCUT2D eigenvalue weighted by atomic mass is 9.95. The molecule has 1 unspecified atom stereocenters. The molecule has 0 aliphatic carbocycles. The van der Waals surface area contributed by atoms with Crippen molar-refractivity contribution >= 4 is 11.7 Å². The number of amides is 2. The summed E-state index contributed by atoms with van der Waals surface area (Å²) in [6, 6.07) is 7.51. The Morgan fingerprint density at radius 2 is 2.16 bits per heavy atom. The molecule has 2 aliphatic rings. The fourth-order valence-corrected chi connectivity index (χ4v) is 3.70. The summed E-state index contributed by atoms with van der Waals surface area (Å²) >= 11 is 0. The predicted molar refractivity (Wildman–Crippen MR) is 94.2 cm³/mol. The second-order valence-corrected chi connectivity index (χ2v) is 7.23. The number of aryl methyl sites for hydroxylation is 1. The zero-order chi connectivity index (χ0) is 17.4. The molecule has 3 heterocycles. The van der Waals surface area contributed by atoms with Crippen LogP contribution in [0.15, 0.2) is 24.3 Å². The molecular formula is C18H23N5O2. The van der Waals surface area contributed by atoms with E-state index < -0.39 is 5.60 Å². The van der Waals surface area contributed by atoms with Crippen molar-refractivity contribution in [3.8, 4) is 11.4 Å². The number of aromatic nitrogens is 3. The highest BCUT2D eigenvalue weighted by Gasteiger charge is 2.31. The molecule has 1 atom stereocenters. The van der Waals surface area contributed by atoms with E-state index in [2.05, 4.69) is 20.1 Å². The molecule has 0 saturated carbocycles. The van der Waals surface area contributed by atoms with Gasteiger partial charge in [-0.1, -0.05) is 12.1 Å². The first-order chi connectivity index (χ1) is 12.0. The highest BCUT2D eigenvalue weighted by molar-refractivity contribution is 5.90. The van der Waals surface area contributed by atoms with Gasteiger partial charge in [0.05, 0.1) is 12.1 Å². The van der Waals surface area contributed by atoms with E-state index in [1.54, 1.807) is 11.8 Å². The predicted octanol–water partition coefficient (Wildman–Crippen LogP) is 2.27. The van der Waals surface area contributed by atoms with Gasteiger partial charge in [0.2, 0.25) is 0 Å². The summed E-state index contributed by atoms with van der Waals surface area (Å²) in [7, 11) is 0. The third-order valence-electron chi connectivity index (χ3n) is 4.94. The van der Waals surface area contributed by atoms with Crippen LogP contribution in [-0.2, 0) is 13.0 Å². The van der Waals surface area contributed by atoms with Gasteiger partial charge in [0.15, 0.2) is 5.82 Å². The first kappa shape index (κ1) is 16.1. The zero-order valence-electron chi connectivity index (χ0n) is 14.4. The summed E-state index contributed by atoms with van der Waals surface area (Å²) in [4.78, 5) is 14.2. The summed E-state index contributed by atoms with van der Waals surface area (Å²) in [5.41, 5.74) is 0.867. The van der Waals surface area contributed by atoms with Gasteiger partial charge in [-0.15, -0.1) is 10.2 Å². The number of urea groups is 1. The normalized spacial score (nSPS) is 22.7. The minimum Gasteiger partial charge on any atom is -0.388 e. The van der Waals surface area contributed by atoms with Crippen molar-refractivity contribution in [2.45, 2.75) is 44.8 Å².